The molecule has 0 saturated carbocycles. The number of likely N-dealkylation sites (tertiary alicyclic amines) is 1. The van der Waals surface area contributed by atoms with Crippen molar-refractivity contribution in [3.63, 3.8) is 0 Å². The molecule has 0 aliphatic carbocycles. The number of piperidine rings is 1. The molecule has 1 unspecified atom stereocenters. The quantitative estimate of drug-likeness (QED) is 0.873. The third kappa shape index (κ3) is 4.37. The van der Waals surface area contributed by atoms with Crippen LogP contribution in [0.4, 0.5) is 0 Å². The first kappa shape index (κ1) is 13.0. The summed E-state index contributed by atoms with van der Waals surface area (Å²) < 4.78 is 0. The van der Waals surface area contributed by atoms with Crippen LogP contribution in [-0.4, -0.2) is 35.6 Å². The van der Waals surface area contributed by atoms with Gasteiger partial charge in [0.25, 0.3) is 0 Å². The van der Waals surface area contributed by atoms with Crippen molar-refractivity contribution in [2.75, 3.05) is 19.6 Å². The highest BCUT2D eigenvalue weighted by Gasteiger charge is 2.11. The van der Waals surface area contributed by atoms with E-state index in [0.717, 1.165) is 12.8 Å². The van der Waals surface area contributed by atoms with Crippen LogP contribution in [0, 0.1) is 0 Å². The van der Waals surface area contributed by atoms with Gasteiger partial charge in [-0.15, -0.1) is 11.3 Å². The van der Waals surface area contributed by atoms with E-state index in [1.807, 2.05) is 6.92 Å². The molecular formula is C13H23N3S. The molecule has 1 saturated heterocycles. The Hall–Kier alpha value is -0.450. The number of thiazole rings is 1. The van der Waals surface area contributed by atoms with Crippen molar-refractivity contribution in [1.82, 2.24) is 9.88 Å². The van der Waals surface area contributed by atoms with Gasteiger partial charge < -0.3 is 10.6 Å². The Morgan fingerprint density at radius 2 is 2.18 bits per heavy atom. The van der Waals surface area contributed by atoms with Crippen molar-refractivity contribution in [2.24, 2.45) is 5.73 Å². The lowest BCUT2D eigenvalue weighted by Gasteiger charge is -2.25. The summed E-state index contributed by atoms with van der Waals surface area (Å²) in [6.45, 7) is 5.76. The second-order valence-corrected chi connectivity index (χ2v) is 6.01. The average molecular weight is 253 g/mol. The van der Waals surface area contributed by atoms with Gasteiger partial charge >= 0.3 is 0 Å². The average Bonchev–Trinajstić information content (AvgIpc) is 2.75. The molecular weight excluding hydrogens is 230 g/mol. The number of aromatic nitrogens is 1. The molecule has 1 fully saturated rings. The van der Waals surface area contributed by atoms with Gasteiger partial charge in [0.1, 0.15) is 0 Å². The fourth-order valence-corrected chi connectivity index (χ4v) is 3.12. The number of hydrogen-bond acceptors (Lipinski definition) is 4. The van der Waals surface area contributed by atoms with Crippen LogP contribution in [0.5, 0.6) is 0 Å². The highest BCUT2D eigenvalue weighted by molar-refractivity contribution is 7.09. The van der Waals surface area contributed by atoms with Gasteiger partial charge in [0, 0.05) is 30.8 Å². The van der Waals surface area contributed by atoms with Crippen molar-refractivity contribution in [3.8, 4) is 0 Å². The predicted molar refractivity (Wildman–Crippen MR) is 73.5 cm³/mol. The standard InChI is InChI=1S/C13H23N3S/c1-11(14)9-12-10-17-13(15-12)5-8-16-6-3-2-4-7-16/h10-11H,2-9,14H2,1H3. The first-order chi connectivity index (χ1) is 8.24. The summed E-state index contributed by atoms with van der Waals surface area (Å²) in [6.07, 6.45) is 6.15. The highest BCUT2D eigenvalue weighted by Crippen LogP contribution is 2.14. The van der Waals surface area contributed by atoms with Crippen LogP contribution >= 0.6 is 11.3 Å². The summed E-state index contributed by atoms with van der Waals surface area (Å²) in [6, 6.07) is 0.215. The van der Waals surface area contributed by atoms with Crippen LogP contribution in [0.3, 0.4) is 0 Å². The van der Waals surface area contributed by atoms with Gasteiger partial charge in [0.05, 0.1) is 10.7 Å². The number of rotatable bonds is 5. The maximum absolute atomic E-state index is 5.78. The van der Waals surface area contributed by atoms with Gasteiger partial charge in [-0.25, -0.2) is 4.98 Å². The molecule has 1 atom stereocenters. The molecule has 96 valence electrons. The zero-order valence-electron chi connectivity index (χ0n) is 10.7. The van der Waals surface area contributed by atoms with E-state index >= 15 is 0 Å². The largest absolute Gasteiger partial charge is 0.328 e. The summed E-state index contributed by atoms with van der Waals surface area (Å²) in [5.41, 5.74) is 6.95. The molecule has 0 radical (unpaired) electrons. The molecule has 0 bridgehead atoms. The van der Waals surface area contributed by atoms with Crippen molar-refractivity contribution < 1.29 is 0 Å². The second kappa shape index (κ2) is 6.47. The maximum atomic E-state index is 5.78. The van der Waals surface area contributed by atoms with Crippen LogP contribution in [0.2, 0.25) is 0 Å². The Morgan fingerprint density at radius 1 is 1.41 bits per heavy atom. The summed E-state index contributed by atoms with van der Waals surface area (Å²) in [5.74, 6) is 0. The Bertz CT molecular complexity index is 329. The maximum Gasteiger partial charge on any atom is 0.0941 e. The van der Waals surface area contributed by atoms with Crippen molar-refractivity contribution in [1.29, 1.82) is 0 Å². The lowest BCUT2D eigenvalue weighted by molar-refractivity contribution is 0.231. The molecule has 1 aromatic heterocycles. The Balaban J connectivity index is 1.76. The molecule has 2 rings (SSSR count). The minimum Gasteiger partial charge on any atom is -0.328 e. The molecule has 1 aromatic rings. The normalized spacial score (nSPS) is 19.4. The molecule has 3 nitrogen and oxygen atoms in total. The third-order valence-corrected chi connectivity index (χ3v) is 4.18. The Morgan fingerprint density at radius 3 is 2.88 bits per heavy atom. The topological polar surface area (TPSA) is 42.1 Å². The molecule has 0 amide bonds. The van der Waals surface area contributed by atoms with Gasteiger partial charge in [-0.2, -0.15) is 0 Å². The summed E-state index contributed by atoms with van der Waals surface area (Å²) in [5, 5.41) is 3.43. The van der Waals surface area contributed by atoms with E-state index in [2.05, 4.69) is 15.3 Å². The summed E-state index contributed by atoms with van der Waals surface area (Å²) in [4.78, 5) is 7.21. The molecule has 4 heteroatoms. The van der Waals surface area contributed by atoms with E-state index < -0.39 is 0 Å². The van der Waals surface area contributed by atoms with Crippen LogP contribution in [0.15, 0.2) is 5.38 Å². The molecule has 2 N–H and O–H groups in total. The summed E-state index contributed by atoms with van der Waals surface area (Å²) in [7, 11) is 0. The van der Waals surface area contributed by atoms with Crippen LogP contribution in [-0.2, 0) is 12.8 Å². The van der Waals surface area contributed by atoms with Gasteiger partial charge in [-0.3, -0.25) is 0 Å². The van der Waals surface area contributed by atoms with E-state index in [9.17, 15) is 0 Å². The number of nitrogens with two attached hydrogens (primary N) is 1. The van der Waals surface area contributed by atoms with Crippen LogP contribution in [0.25, 0.3) is 0 Å². The van der Waals surface area contributed by atoms with Gasteiger partial charge in [-0.1, -0.05) is 6.42 Å². The summed E-state index contributed by atoms with van der Waals surface area (Å²) >= 11 is 1.79. The fraction of sp³-hybridized carbons (Fsp3) is 0.769. The number of hydrogen-bond donors (Lipinski definition) is 1. The van der Waals surface area contributed by atoms with Crippen molar-refractivity contribution in [2.45, 2.75) is 45.1 Å². The minimum atomic E-state index is 0.215. The lowest BCUT2D eigenvalue weighted by Crippen LogP contribution is -2.31. The molecule has 0 aromatic carbocycles. The van der Waals surface area contributed by atoms with Crippen molar-refractivity contribution in [3.05, 3.63) is 16.1 Å². The Labute approximate surface area is 108 Å². The van der Waals surface area contributed by atoms with Gasteiger partial charge in [0.2, 0.25) is 0 Å². The fourth-order valence-electron chi connectivity index (χ4n) is 2.32. The van der Waals surface area contributed by atoms with E-state index in [-0.39, 0.29) is 6.04 Å². The monoisotopic (exact) mass is 253 g/mol. The van der Waals surface area contributed by atoms with E-state index in [1.165, 1.54) is 49.6 Å². The Kier molecular flexibility index (Phi) is 4.95. The van der Waals surface area contributed by atoms with Crippen LogP contribution < -0.4 is 5.73 Å². The lowest BCUT2D eigenvalue weighted by atomic mass is 10.1. The second-order valence-electron chi connectivity index (χ2n) is 5.07. The first-order valence-corrected chi connectivity index (χ1v) is 7.53. The van der Waals surface area contributed by atoms with Crippen LogP contribution in [0.1, 0.15) is 36.9 Å². The van der Waals surface area contributed by atoms with E-state index in [0.29, 0.717) is 0 Å². The molecule has 17 heavy (non-hydrogen) atoms. The third-order valence-electron chi connectivity index (χ3n) is 3.22. The number of nitrogens with zero attached hydrogens (tertiary/aromatic N) is 2. The molecule has 0 spiro atoms. The smallest absolute Gasteiger partial charge is 0.0941 e. The van der Waals surface area contributed by atoms with E-state index in [1.54, 1.807) is 11.3 Å². The zero-order chi connectivity index (χ0) is 12.1. The first-order valence-electron chi connectivity index (χ1n) is 6.65. The van der Waals surface area contributed by atoms with Crippen molar-refractivity contribution >= 4 is 11.3 Å². The van der Waals surface area contributed by atoms with Gasteiger partial charge in [-0.05, 0) is 32.9 Å². The zero-order valence-corrected chi connectivity index (χ0v) is 11.5. The van der Waals surface area contributed by atoms with Gasteiger partial charge in [0.15, 0.2) is 0 Å². The minimum absolute atomic E-state index is 0.215. The molecule has 2 heterocycles. The SMILES string of the molecule is CC(N)Cc1csc(CCN2CCCCC2)n1. The highest BCUT2D eigenvalue weighted by atomic mass is 32.1. The molecule has 1 aliphatic heterocycles. The van der Waals surface area contributed by atoms with E-state index in [4.69, 9.17) is 5.73 Å². The molecule has 1 aliphatic rings. The predicted octanol–water partition coefficient (Wildman–Crippen LogP) is 2.06.